The molecule has 27 heavy (non-hydrogen) atoms. The van der Waals surface area contributed by atoms with Crippen molar-refractivity contribution in [1.29, 1.82) is 0 Å². The lowest BCUT2D eigenvalue weighted by atomic mass is 9.42. The first-order valence-corrected chi connectivity index (χ1v) is 9.95. The number of carbonyl (C=O) groups is 1. The number of Topliss-reactive ketones (excluding diaryl/α,β-unsaturated/α-hetero) is 1. The van der Waals surface area contributed by atoms with Crippen LogP contribution in [0, 0.1) is 30.6 Å². The predicted molar refractivity (Wildman–Crippen MR) is 101 cm³/mol. The number of aryl methyl sites for hydroxylation is 1. The molecule has 0 saturated heterocycles. The van der Waals surface area contributed by atoms with Gasteiger partial charge in [-0.3, -0.25) is 4.79 Å². The summed E-state index contributed by atoms with van der Waals surface area (Å²) in [6.45, 7) is 11.6. The van der Waals surface area contributed by atoms with Gasteiger partial charge in [-0.25, -0.2) is 4.79 Å². The number of aliphatic hydroxyl groups is 1. The first-order chi connectivity index (χ1) is 12.4. The summed E-state index contributed by atoms with van der Waals surface area (Å²) in [6, 6.07) is 0. The number of hydrogen-bond donors (Lipinski definition) is 1. The number of rotatable bonds is 0. The van der Waals surface area contributed by atoms with Crippen molar-refractivity contribution in [2.75, 3.05) is 0 Å². The molecule has 148 valence electrons. The van der Waals surface area contributed by atoms with Gasteiger partial charge in [-0.15, -0.1) is 0 Å². The predicted octanol–water partition coefficient (Wildman–Crippen LogP) is 3.49. The summed E-state index contributed by atoms with van der Waals surface area (Å²) in [4.78, 5) is 25.2. The van der Waals surface area contributed by atoms with Crippen molar-refractivity contribution in [2.24, 2.45) is 16.7 Å². The molecule has 2 fully saturated rings. The van der Waals surface area contributed by atoms with Crippen LogP contribution < -0.4 is 10.4 Å². The summed E-state index contributed by atoms with van der Waals surface area (Å²) in [7, 11) is 0. The van der Waals surface area contributed by atoms with E-state index in [2.05, 4.69) is 13.8 Å². The van der Waals surface area contributed by atoms with Crippen molar-refractivity contribution < 1.29 is 19.1 Å². The zero-order chi connectivity index (χ0) is 20.0. The summed E-state index contributed by atoms with van der Waals surface area (Å²) in [5.41, 5.74) is -1.82. The van der Waals surface area contributed by atoms with Gasteiger partial charge in [0, 0.05) is 23.3 Å². The molecule has 0 radical (unpaired) electrons. The van der Waals surface area contributed by atoms with Gasteiger partial charge in [0.2, 0.25) is 0 Å². The first kappa shape index (κ1) is 18.7. The Morgan fingerprint density at radius 1 is 1.04 bits per heavy atom. The monoisotopic (exact) mass is 374 g/mol. The number of hydrogen-bond acceptors (Lipinski definition) is 5. The molecule has 5 nitrogen and oxygen atoms in total. The Morgan fingerprint density at radius 3 is 2.37 bits per heavy atom. The van der Waals surface area contributed by atoms with E-state index in [1.807, 2.05) is 20.8 Å². The van der Waals surface area contributed by atoms with Gasteiger partial charge in [-0.05, 0) is 46.5 Å². The van der Waals surface area contributed by atoms with E-state index in [1.165, 1.54) is 0 Å². The molecular weight excluding hydrogens is 344 g/mol. The third-order valence-electron chi connectivity index (χ3n) is 8.42. The number of ether oxygens (including phenoxy) is 1. The van der Waals surface area contributed by atoms with Gasteiger partial charge in [-0.1, -0.05) is 20.8 Å². The van der Waals surface area contributed by atoms with Gasteiger partial charge in [0.25, 0.3) is 0 Å². The molecule has 2 saturated carbocycles. The number of carbonyl (C=O) groups excluding carboxylic acids is 1. The van der Waals surface area contributed by atoms with Crippen molar-refractivity contribution in [3.05, 3.63) is 27.3 Å². The lowest BCUT2D eigenvalue weighted by Crippen LogP contribution is -2.72. The van der Waals surface area contributed by atoms with Crippen LogP contribution in [0.3, 0.4) is 0 Å². The van der Waals surface area contributed by atoms with Crippen LogP contribution in [0.4, 0.5) is 0 Å². The largest absolute Gasteiger partial charge is 0.486 e. The Morgan fingerprint density at radius 2 is 1.70 bits per heavy atom. The molecule has 1 aromatic rings. The van der Waals surface area contributed by atoms with Crippen molar-refractivity contribution in [2.45, 2.75) is 84.8 Å². The average molecular weight is 374 g/mol. The summed E-state index contributed by atoms with van der Waals surface area (Å²) in [5.74, 6) is 1.30. The lowest BCUT2D eigenvalue weighted by molar-refractivity contribution is -0.254. The molecule has 2 heterocycles. The third kappa shape index (κ3) is 2.09. The summed E-state index contributed by atoms with van der Waals surface area (Å²) < 4.78 is 11.9. The molecule has 1 N–H and O–H groups in total. The molecule has 3 aliphatic rings. The highest BCUT2D eigenvalue weighted by molar-refractivity contribution is 5.87. The quantitative estimate of drug-likeness (QED) is 0.752. The van der Waals surface area contributed by atoms with Crippen molar-refractivity contribution in [3.63, 3.8) is 0 Å². The van der Waals surface area contributed by atoms with Crippen LogP contribution in [0.25, 0.3) is 0 Å². The second kappa shape index (κ2) is 5.25. The van der Waals surface area contributed by atoms with E-state index < -0.39 is 22.0 Å². The molecule has 0 aromatic carbocycles. The van der Waals surface area contributed by atoms with Gasteiger partial charge < -0.3 is 14.3 Å². The van der Waals surface area contributed by atoms with Crippen LogP contribution >= 0.6 is 0 Å². The molecule has 4 atom stereocenters. The second-order valence-electron chi connectivity index (χ2n) is 9.88. The highest BCUT2D eigenvalue weighted by Crippen LogP contribution is 2.65. The Hall–Kier alpha value is -1.62. The maximum Gasteiger partial charge on any atom is 0.342 e. The molecule has 0 amide bonds. The normalized spacial score (nSPS) is 39.8. The van der Waals surface area contributed by atoms with Crippen LogP contribution in [-0.4, -0.2) is 22.1 Å². The van der Waals surface area contributed by atoms with E-state index in [4.69, 9.17) is 9.15 Å². The summed E-state index contributed by atoms with van der Waals surface area (Å²) in [5, 5.41) is 11.8. The van der Waals surface area contributed by atoms with E-state index >= 15 is 0 Å². The van der Waals surface area contributed by atoms with Gasteiger partial charge in [-0.2, -0.15) is 0 Å². The fourth-order valence-corrected chi connectivity index (χ4v) is 6.25. The van der Waals surface area contributed by atoms with E-state index in [1.54, 1.807) is 6.92 Å². The summed E-state index contributed by atoms with van der Waals surface area (Å²) >= 11 is 0. The Balaban J connectivity index is 1.89. The Labute approximate surface area is 160 Å². The molecule has 0 unspecified atom stereocenters. The Bertz CT molecular complexity index is 897. The fourth-order valence-electron chi connectivity index (χ4n) is 6.25. The van der Waals surface area contributed by atoms with Crippen molar-refractivity contribution >= 4 is 5.78 Å². The minimum absolute atomic E-state index is 0.0615. The van der Waals surface area contributed by atoms with Crippen molar-refractivity contribution in [3.8, 4) is 5.75 Å². The van der Waals surface area contributed by atoms with Gasteiger partial charge in [0.1, 0.15) is 22.9 Å². The molecule has 1 aromatic heterocycles. The molecule has 0 spiro atoms. The fraction of sp³-hybridized carbons (Fsp3) is 0.727. The van der Waals surface area contributed by atoms with E-state index in [9.17, 15) is 14.7 Å². The Kier molecular flexibility index (Phi) is 3.64. The zero-order valence-corrected chi connectivity index (χ0v) is 17.2. The van der Waals surface area contributed by atoms with Crippen LogP contribution in [0.1, 0.15) is 70.3 Å². The minimum Gasteiger partial charge on any atom is -0.486 e. The molecule has 4 rings (SSSR count). The zero-order valence-electron chi connectivity index (χ0n) is 17.2. The highest BCUT2D eigenvalue weighted by Gasteiger charge is 2.70. The second-order valence-corrected chi connectivity index (χ2v) is 9.88. The standard InChI is InChI=1S/C22H30O5/c1-12-13(2)26-18(24)14-11-15-20(5)8-7-16(23)19(3,4)22(20,25)10-9-21(15,6)27-17(12)14/h15,25H,7-11H2,1-6H3/t15-,20-,21-,22-/m1/s1. The average Bonchev–Trinajstić information content (AvgIpc) is 2.59. The van der Waals surface area contributed by atoms with Gasteiger partial charge >= 0.3 is 5.63 Å². The topological polar surface area (TPSA) is 76.7 Å². The van der Waals surface area contributed by atoms with Crippen LogP contribution in [0.2, 0.25) is 0 Å². The number of fused-ring (bicyclic) bond motifs is 4. The van der Waals surface area contributed by atoms with E-state index in [0.717, 1.165) is 5.56 Å². The van der Waals surface area contributed by atoms with Gasteiger partial charge in [0.15, 0.2) is 0 Å². The van der Waals surface area contributed by atoms with Crippen LogP contribution in [0.15, 0.2) is 9.21 Å². The molecular formula is C22H30O5. The maximum absolute atomic E-state index is 12.6. The lowest BCUT2D eigenvalue weighted by Gasteiger charge is -2.66. The van der Waals surface area contributed by atoms with Gasteiger partial charge in [0.05, 0.1) is 16.6 Å². The van der Waals surface area contributed by atoms with Crippen LogP contribution in [0.5, 0.6) is 5.75 Å². The van der Waals surface area contributed by atoms with Crippen molar-refractivity contribution in [1.82, 2.24) is 0 Å². The molecule has 2 aliphatic carbocycles. The minimum atomic E-state index is -1.11. The van der Waals surface area contributed by atoms with E-state index in [0.29, 0.717) is 49.2 Å². The molecule has 0 bridgehead atoms. The molecule has 5 heteroatoms. The smallest absolute Gasteiger partial charge is 0.342 e. The van der Waals surface area contributed by atoms with E-state index in [-0.39, 0.29) is 17.3 Å². The SMILES string of the molecule is Cc1oc(=O)c2c(c1C)O[C@]1(C)CC[C@@]3(O)C(C)(C)C(=O)CC[C@]3(C)[C@H]1C2. The number of ketones is 1. The third-order valence-corrected chi connectivity index (χ3v) is 8.42. The maximum atomic E-state index is 12.6. The highest BCUT2D eigenvalue weighted by atomic mass is 16.5. The van der Waals surface area contributed by atoms with Crippen LogP contribution in [-0.2, 0) is 11.2 Å². The molecule has 1 aliphatic heterocycles. The summed E-state index contributed by atoms with van der Waals surface area (Å²) in [6.07, 6.45) is 2.74. The first-order valence-electron chi connectivity index (χ1n) is 9.95.